The molecule has 0 aliphatic carbocycles. The summed E-state index contributed by atoms with van der Waals surface area (Å²) in [7, 11) is 0. The van der Waals surface area contributed by atoms with E-state index in [2.05, 4.69) is 151 Å². The molecule has 2 heteroatoms. The highest BCUT2D eigenvalue weighted by atomic mass is 16.1. The number of rotatable bonds is 20. The van der Waals surface area contributed by atoms with Gasteiger partial charge in [-0.2, -0.15) is 0 Å². The van der Waals surface area contributed by atoms with E-state index in [9.17, 15) is 9.59 Å². The molecule has 2 nitrogen and oxygen atoms in total. The molecule has 52 heavy (non-hydrogen) atoms. The summed E-state index contributed by atoms with van der Waals surface area (Å²) in [5.74, 6) is 0. The summed E-state index contributed by atoms with van der Waals surface area (Å²) in [5.41, 5.74) is 10.6. The largest absolute Gasteiger partial charge is 0.298 e. The van der Waals surface area contributed by atoms with E-state index in [0.717, 1.165) is 34.9 Å². The van der Waals surface area contributed by atoms with Gasteiger partial charge in [-0.25, -0.2) is 0 Å². The number of hydrogen-bond acceptors (Lipinski definition) is 2. The van der Waals surface area contributed by atoms with E-state index in [1.807, 2.05) is 62.5 Å². The van der Waals surface area contributed by atoms with E-state index >= 15 is 0 Å². The molecule has 272 valence electrons. The van der Waals surface area contributed by atoms with E-state index in [-0.39, 0.29) is 0 Å². The Morgan fingerprint density at radius 1 is 0.212 bits per heavy atom. The Balaban J connectivity index is 4.91. The molecule has 0 saturated carbocycles. The topological polar surface area (TPSA) is 34.1 Å². The molecular weight excluding hydrogens is 633 g/mol. The van der Waals surface area contributed by atoms with Crippen LogP contribution in [-0.2, 0) is 9.59 Å². The van der Waals surface area contributed by atoms with Gasteiger partial charge in [-0.15, -0.1) is 0 Å². The highest BCUT2D eigenvalue weighted by molar-refractivity contribution is 5.73. The lowest BCUT2D eigenvalue weighted by Crippen LogP contribution is -1.73. The van der Waals surface area contributed by atoms with E-state index in [1.165, 1.54) is 22.3 Å². The lowest BCUT2D eigenvalue weighted by atomic mass is 10.1. The number of carbonyl (C=O) groups is 2. The fourth-order valence-electron chi connectivity index (χ4n) is 3.75. The molecule has 0 aromatic carbocycles. The van der Waals surface area contributed by atoms with Gasteiger partial charge in [0, 0.05) is 0 Å². The normalized spacial score (nSPS) is 16.5. The van der Waals surface area contributed by atoms with Crippen LogP contribution in [0.5, 0.6) is 0 Å². The van der Waals surface area contributed by atoms with Crippen LogP contribution in [0.2, 0.25) is 0 Å². The zero-order chi connectivity index (χ0) is 39.0. The van der Waals surface area contributed by atoms with Crippen molar-refractivity contribution in [1.29, 1.82) is 0 Å². The van der Waals surface area contributed by atoms with Crippen LogP contribution >= 0.6 is 0 Å². The fourth-order valence-corrected chi connectivity index (χ4v) is 3.75. The third-order valence-corrected chi connectivity index (χ3v) is 6.95. The van der Waals surface area contributed by atoms with E-state index in [4.69, 9.17) is 0 Å². The van der Waals surface area contributed by atoms with Crippen LogP contribution in [0.4, 0.5) is 0 Å². The Morgan fingerprint density at radius 2 is 0.346 bits per heavy atom. The van der Waals surface area contributed by atoms with Crippen molar-refractivity contribution in [2.45, 2.75) is 69.2 Å². The predicted molar refractivity (Wildman–Crippen MR) is 232 cm³/mol. The summed E-state index contributed by atoms with van der Waals surface area (Å²) >= 11 is 0. The minimum absolute atomic E-state index is 0.703. The minimum Gasteiger partial charge on any atom is -0.298 e. The predicted octanol–water partition coefficient (Wildman–Crippen LogP) is 13.9. The number of aldehydes is 2. The summed E-state index contributed by atoms with van der Waals surface area (Å²) < 4.78 is 0. The fraction of sp³-hybridized carbons (Fsp3) is 0.200. The SMILES string of the molecule is C\C(C=O)=C/C=C/C(C)=C/C=C/C(C)=C/C=C/C(C)=C/C=C/C(C)=C/C=C/C=C(C)/C=C/C=C(C)/C=C/C=C(C)/C=C/C=C(C)/C=C/C=C(\C)C=O. The maximum absolute atomic E-state index is 10.6. The van der Waals surface area contributed by atoms with Crippen LogP contribution in [0.3, 0.4) is 0 Å². The van der Waals surface area contributed by atoms with Crippen molar-refractivity contribution < 1.29 is 9.59 Å². The summed E-state index contributed by atoms with van der Waals surface area (Å²) in [5, 5.41) is 0. The Bertz CT molecular complexity index is 1620. The third kappa shape index (κ3) is 29.3. The average Bonchev–Trinajstić information content (AvgIpc) is 3.09. The molecule has 0 atom stereocenters. The number of allylic oxidation sites excluding steroid dienone is 38. The van der Waals surface area contributed by atoms with Crippen LogP contribution in [0, 0.1) is 0 Å². The van der Waals surface area contributed by atoms with Crippen LogP contribution in [0.1, 0.15) is 69.2 Å². The molecule has 0 spiro atoms. The van der Waals surface area contributed by atoms with Crippen LogP contribution < -0.4 is 0 Å². The molecular formula is C50H60O2. The van der Waals surface area contributed by atoms with Crippen molar-refractivity contribution in [3.8, 4) is 0 Å². The zero-order valence-corrected chi connectivity index (χ0v) is 33.1. The van der Waals surface area contributed by atoms with Gasteiger partial charge in [-0.05, 0) is 80.4 Å². The van der Waals surface area contributed by atoms with E-state index in [0.29, 0.717) is 11.1 Å². The van der Waals surface area contributed by atoms with Gasteiger partial charge in [0.1, 0.15) is 12.6 Å². The highest BCUT2D eigenvalue weighted by Crippen LogP contribution is 2.06. The molecule has 0 unspecified atom stereocenters. The first-order valence-electron chi connectivity index (χ1n) is 17.6. The molecule has 0 heterocycles. The molecule has 0 radical (unpaired) electrons. The van der Waals surface area contributed by atoms with Crippen molar-refractivity contribution in [2.24, 2.45) is 0 Å². The highest BCUT2D eigenvalue weighted by Gasteiger charge is 1.86. The molecule has 0 aromatic rings. The Hall–Kier alpha value is -5.60. The summed E-state index contributed by atoms with van der Waals surface area (Å²) in [6, 6.07) is 0. The smallest absolute Gasteiger partial charge is 0.145 e. The van der Waals surface area contributed by atoms with Crippen molar-refractivity contribution in [3.05, 3.63) is 226 Å². The first-order valence-corrected chi connectivity index (χ1v) is 17.6. The van der Waals surface area contributed by atoms with Crippen LogP contribution in [0.25, 0.3) is 0 Å². The molecule has 0 aromatic heterocycles. The molecule has 0 rings (SSSR count). The number of hydrogen-bond donors (Lipinski definition) is 0. The lowest BCUT2D eigenvalue weighted by molar-refractivity contribution is -0.105. The van der Waals surface area contributed by atoms with Gasteiger partial charge in [0.25, 0.3) is 0 Å². The lowest BCUT2D eigenvalue weighted by Gasteiger charge is -1.92. The summed E-state index contributed by atoms with van der Waals surface area (Å²) in [6.07, 6.45) is 58.6. The van der Waals surface area contributed by atoms with Crippen molar-refractivity contribution >= 4 is 12.6 Å². The van der Waals surface area contributed by atoms with E-state index in [1.54, 1.807) is 26.0 Å². The molecule has 0 aliphatic heterocycles. The standard InChI is InChI=1S/C50H60O2/c1-41(23-13-25-43(3)27-15-29-45(5)31-17-33-47(7)35-19-37-49(9)39-51)21-11-12-22-42(2)24-14-26-44(4)28-16-30-46(6)32-18-34-48(8)36-20-38-50(10)40-52/h11-40H,1-10H3/b12-11+,23-13+,24-14+,27-15+,28-16+,31-17+,32-18+,35-19+,36-20+,41-21+,42-22+,43-25+,44-26+,45-29+,46-30+,47-33+,48-34+,49-37+,50-38+. The maximum Gasteiger partial charge on any atom is 0.145 e. The molecule has 0 amide bonds. The van der Waals surface area contributed by atoms with Crippen LogP contribution in [-0.4, -0.2) is 12.6 Å². The van der Waals surface area contributed by atoms with Crippen molar-refractivity contribution in [1.82, 2.24) is 0 Å². The van der Waals surface area contributed by atoms with Gasteiger partial charge in [0.05, 0.1) is 0 Å². The monoisotopic (exact) mass is 692 g/mol. The van der Waals surface area contributed by atoms with Gasteiger partial charge >= 0.3 is 0 Å². The Labute approximate surface area is 316 Å². The second kappa shape index (κ2) is 30.2. The van der Waals surface area contributed by atoms with Crippen molar-refractivity contribution in [2.75, 3.05) is 0 Å². The molecule has 0 aliphatic rings. The summed E-state index contributed by atoms with van der Waals surface area (Å²) in [6.45, 7) is 20.1. The Morgan fingerprint density at radius 3 is 0.500 bits per heavy atom. The zero-order valence-electron chi connectivity index (χ0n) is 33.1. The Kier molecular flexibility index (Phi) is 27.0. The summed E-state index contributed by atoms with van der Waals surface area (Å²) in [4.78, 5) is 21.3. The van der Waals surface area contributed by atoms with Crippen molar-refractivity contribution in [3.63, 3.8) is 0 Å². The molecule has 0 bridgehead atoms. The first-order chi connectivity index (χ1) is 24.9. The van der Waals surface area contributed by atoms with Gasteiger partial charge in [0.15, 0.2) is 0 Å². The first kappa shape index (κ1) is 46.4. The van der Waals surface area contributed by atoms with Gasteiger partial charge < -0.3 is 0 Å². The van der Waals surface area contributed by atoms with E-state index < -0.39 is 0 Å². The van der Waals surface area contributed by atoms with Gasteiger partial charge in [-0.3, -0.25) is 9.59 Å². The average molecular weight is 693 g/mol. The van der Waals surface area contributed by atoms with Gasteiger partial charge in [-0.1, -0.05) is 215 Å². The minimum atomic E-state index is 0.703. The van der Waals surface area contributed by atoms with Crippen LogP contribution in [0.15, 0.2) is 226 Å². The third-order valence-electron chi connectivity index (χ3n) is 6.95. The second-order valence-electron chi connectivity index (χ2n) is 12.6. The molecule has 0 fully saturated rings. The molecule has 0 N–H and O–H groups in total. The maximum atomic E-state index is 10.6. The number of carbonyl (C=O) groups excluding carboxylic acids is 2. The second-order valence-corrected chi connectivity index (χ2v) is 12.6. The van der Waals surface area contributed by atoms with Gasteiger partial charge in [0.2, 0.25) is 0 Å². The quantitative estimate of drug-likeness (QED) is 0.0723. The molecule has 0 saturated heterocycles.